The molecule has 3 aromatic rings. The molecule has 1 aliphatic heterocycles. The molecule has 1 aliphatic rings. The third-order valence-electron chi connectivity index (χ3n) is 4.86. The average Bonchev–Trinajstić information content (AvgIpc) is 3.22. The van der Waals surface area contributed by atoms with E-state index < -0.39 is 0 Å². The number of benzene rings is 2. The number of nitrogens with one attached hydrogen (secondary N) is 1. The molecule has 0 saturated carbocycles. The van der Waals surface area contributed by atoms with Crippen LogP contribution in [0.4, 0.5) is 4.39 Å². The van der Waals surface area contributed by atoms with Crippen molar-refractivity contribution >= 4 is 5.91 Å². The highest BCUT2D eigenvalue weighted by atomic mass is 19.1. The molecule has 0 saturated heterocycles. The molecule has 8 heteroatoms. The number of carbonyl (C=O) groups excluding carboxylic acids is 1. The number of aromatic nitrogens is 1. The van der Waals surface area contributed by atoms with Crippen LogP contribution in [0.25, 0.3) is 0 Å². The SMILES string of the molecule is Cc1cc(=O)c(OCc2ccc(F)cc2)cn1CC(=O)NCc1ccc2c(c1)OCO2. The minimum atomic E-state index is -0.340. The van der Waals surface area contributed by atoms with Crippen molar-refractivity contribution in [2.45, 2.75) is 26.6 Å². The highest BCUT2D eigenvalue weighted by Gasteiger charge is 2.14. The minimum absolute atomic E-state index is 0.0313. The van der Waals surface area contributed by atoms with E-state index in [0.29, 0.717) is 23.7 Å². The second-order valence-corrected chi connectivity index (χ2v) is 7.15. The molecule has 2 aromatic carbocycles. The van der Waals surface area contributed by atoms with Crippen molar-refractivity contribution in [3.8, 4) is 17.2 Å². The van der Waals surface area contributed by atoms with E-state index in [0.717, 1.165) is 11.1 Å². The number of fused-ring (bicyclic) bond motifs is 1. The zero-order chi connectivity index (χ0) is 21.8. The lowest BCUT2D eigenvalue weighted by Crippen LogP contribution is -2.28. The van der Waals surface area contributed by atoms with Gasteiger partial charge in [-0.1, -0.05) is 18.2 Å². The Balaban J connectivity index is 1.38. The molecule has 0 aliphatic carbocycles. The summed E-state index contributed by atoms with van der Waals surface area (Å²) < 4.78 is 30.9. The van der Waals surface area contributed by atoms with Crippen LogP contribution >= 0.6 is 0 Å². The third kappa shape index (κ3) is 5.03. The Kier molecular flexibility index (Phi) is 5.88. The summed E-state index contributed by atoms with van der Waals surface area (Å²) in [5.41, 5.74) is 1.97. The van der Waals surface area contributed by atoms with Crippen molar-refractivity contribution in [2.24, 2.45) is 0 Å². The lowest BCUT2D eigenvalue weighted by Gasteiger charge is -2.14. The fourth-order valence-electron chi connectivity index (χ4n) is 3.13. The van der Waals surface area contributed by atoms with Crippen molar-refractivity contribution in [1.82, 2.24) is 9.88 Å². The van der Waals surface area contributed by atoms with Gasteiger partial charge in [0, 0.05) is 18.3 Å². The molecule has 1 amide bonds. The van der Waals surface area contributed by atoms with E-state index >= 15 is 0 Å². The molecule has 31 heavy (non-hydrogen) atoms. The van der Waals surface area contributed by atoms with Gasteiger partial charge >= 0.3 is 0 Å². The Morgan fingerprint density at radius 1 is 1.10 bits per heavy atom. The Bertz CT molecular complexity index is 1160. The van der Waals surface area contributed by atoms with E-state index in [-0.39, 0.29) is 42.8 Å². The molecule has 0 atom stereocenters. The first-order chi connectivity index (χ1) is 15.0. The van der Waals surface area contributed by atoms with Crippen molar-refractivity contribution in [3.63, 3.8) is 0 Å². The maximum atomic E-state index is 13.0. The summed E-state index contributed by atoms with van der Waals surface area (Å²) in [4.78, 5) is 24.7. The van der Waals surface area contributed by atoms with Crippen molar-refractivity contribution < 1.29 is 23.4 Å². The van der Waals surface area contributed by atoms with Crippen LogP contribution in [0.2, 0.25) is 0 Å². The number of aryl methyl sites for hydroxylation is 1. The summed E-state index contributed by atoms with van der Waals surface area (Å²) in [6, 6.07) is 12.8. The van der Waals surface area contributed by atoms with E-state index in [1.54, 1.807) is 29.7 Å². The normalized spacial score (nSPS) is 11.9. The van der Waals surface area contributed by atoms with Gasteiger partial charge < -0.3 is 24.1 Å². The van der Waals surface area contributed by atoms with Gasteiger partial charge in [-0.2, -0.15) is 0 Å². The number of carbonyl (C=O) groups is 1. The highest BCUT2D eigenvalue weighted by Crippen LogP contribution is 2.32. The number of hydrogen-bond donors (Lipinski definition) is 1. The molecule has 0 fully saturated rings. The van der Waals surface area contributed by atoms with Gasteiger partial charge in [0.1, 0.15) is 19.0 Å². The van der Waals surface area contributed by atoms with Crippen LogP contribution in [0, 0.1) is 12.7 Å². The van der Waals surface area contributed by atoms with E-state index in [1.807, 2.05) is 12.1 Å². The number of nitrogens with zero attached hydrogens (tertiary/aromatic N) is 1. The number of halogens is 1. The quantitative estimate of drug-likeness (QED) is 0.631. The number of rotatable bonds is 7. The monoisotopic (exact) mass is 424 g/mol. The molecule has 160 valence electrons. The van der Waals surface area contributed by atoms with E-state index in [9.17, 15) is 14.0 Å². The molecule has 0 spiro atoms. The number of amides is 1. The molecular formula is C23H21FN2O5. The fraction of sp³-hybridized carbons (Fsp3) is 0.217. The van der Waals surface area contributed by atoms with E-state index in [1.165, 1.54) is 24.4 Å². The van der Waals surface area contributed by atoms with E-state index in [2.05, 4.69) is 5.32 Å². The van der Waals surface area contributed by atoms with Crippen LogP contribution in [0.3, 0.4) is 0 Å². The Labute approximate surface area is 178 Å². The first-order valence-corrected chi connectivity index (χ1v) is 9.71. The highest BCUT2D eigenvalue weighted by molar-refractivity contribution is 5.75. The Hall–Kier alpha value is -3.81. The molecule has 4 rings (SSSR count). The predicted octanol–water partition coefficient (Wildman–Crippen LogP) is 2.92. The topological polar surface area (TPSA) is 78.8 Å². The average molecular weight is 424 g/mol. The lowest BCUT2D eigenvalue weighted by molar-refractivity contribution is -0.121. The molecule has 0 bridgehead atoms. The van der Waals surface area contributed by atoms with Crippen molar-refractivity contribution in [3.05, 3.63) is 87.6 Å². The zero-order valence-electron chi connectivity index (χ0n) is 16.9. The number of ether oxygens (including phenoxy) is 3. The Morgan fingerprint density at radius 3 is 2.65 bits per heavy atom. The fourth-order valence-corrected chi connectivity index (χ4v) is 3.13. The summed E-state index contributed by atoms with van der Waals surface area (Å²) in [6.45, 7) is 2.43. The van der Waals surface area contributed by atoms with Gasteiger partial charge in [-0.3, -0.25) is 9.59 Å². The van der Waals surface area contributed by atoms with Gasteiger partial charge in [-0.25, -0.2) is 4.39 Å². The van der Waals surface area contributed by atoms with Gasteiger partial charge in [-0.05, 0) is 42.3 Å². The molecular weight excluding hydrogens is 403 g/mol. The summed E-state index contributed by atoms with van der Waals surface area (Å²) in [5.74, 6) is 0.915. The second-order valence-electron chi connectivity index (χ2n) is 7.15. The van der Waals surface area contributed by atoms with Crippen LogP contribution in [0.1, 0.15) is 16.8 Å². The summed E-state index contributed by atoms with van der Waals surface area (Å²) in [5, 5.41) is 2.85. The second kappa shape index (κ2) is 8.91. The van der Waals surface area contributed by atoms with Crippen LogP contribution in [0.5, 0.6) is 17.2 Å². The van der Waals surface area contributed by atoms with Gasteiger partial charge in [0.15, 0.2) is 17.2 Å². The van der Waals surface area contributed by atoms with Gasteiger partial charge in [0.2, 0.25) is 18.1 Å². The van der Waals surface area contributed by atoms with E-state index in [4.69, 9.17) is 14.2 Å². The molecule has 1 N–H and O–H groups in total. The maximum absolute atomic E-state index is 13.0. The van der Waals surface area contributed by atoms with Gasteiger partial charge in [0.25, 0.3) is 0 Å². The molecule has 0 unspecified atom stereocenters. The molecule has 2 heterocycles. The number of hydrogen-bond acceptors (Lipinski definition) is 5. The Morgan fingerprint density at radius 2 is 1.84 bits per heavy atom. The lowest BCUT2D eigenvalue weighted by atomic mass is 10.2. The smallest absolute Gasteiger partial charge is 0.240 e. The number of pyridine rings is 1. The first-order valence-electron chi connectivity index (χ1n) is 9.71. The van der Waals surface area contributed by atoms with Crippen molar-refractivity contribution in [2.75, 3.05) is 6.79 Å². The van der Waals surface area contributed by atoms with Gasteiger partial charge in [0.05, 0.1) is 6.20 Å². The largest absolute Gasteiger partial charge is 0.483 e. The van der Waals surface area contributed by atoms with Crippen molar-refractivity contribution in [1.29, 1.82) is 0 Å². The standard InChI is InChI=1S/C23H21FN2O5/c1-15-8-19(27)22(29-13-16-2-5-18(24)6-3-16)11-26(15)12-23(28)25-10-17-4-7-20-21(9-17)31-14-30-20/h2-9,11H,10,12-14H2,1H3,(H,25,28). The summed E-state index contributed by atoms with van der Waals surface area (Å²) in [6.07, 6.45) is 1.52. The maximum Gasteiger partial charge on any atom is 0.240 e. The first kappa shape index (κ1) is 20.5. The van der Waals surface area contributed by atoms with Crippen LogP contribution in [-0.2, 0) is 24.5 Å². The molecule has 1 aromatic heterocycles. The summed E-state index contributed by atoms with van der Waals surface area (Å²) in [7, 11) is 0. The predicted molar refractivity (Wildman–Crippen MR) is 111 cm³/mol. The molecule has 0 radical (unpaired) electrons. The van der Waals surface area contributed by atoms with Crippen LogP contribution in [-0.4, -0.2) is 17.3 Å². The van der Waals surface area contributed by atoms with Gasteiger partial charge in [-0.15, -0.1) is 0 Å². The van der Waals surface area contributed by atoms with Crippen LogP contribution < -0.4 is 25.0 Å². The summed E-state index contributed by atoms with van der Waals surface area (Å²) >= 11 is 0. The third-order valence-corrected chi connectivity index (χ3v) is 4.86. The van der Waals surface area contributed by atoms with Crippen LogP contribution in [0.15, 0.2) is 59.5 Å². The zero-order valence-corrected chi connectivity index (χ0v) is 16.9. The minimum Gasteiger partial charge on any atom is -0.483 e. The molecule has 7 nitrogen and oxygen atoms in total.